The predicted molar refractivity (Wildman–Crippen MR) is 55.8 cm³/mol. The van der Waals surface area contributed by atoms with Gasteiger partial charge in [0.2, 0.25) is 0 Å². The molecule has 0 unspecified atom stereocenters. The number of aryl methyl sites for hydroxylation is 1. The molecule has 0 saturated heterocycles. The van der Waals surface area contributed by atoms with Crippen LogP contribution in [0.1, 0.15) is 11.4 Å². The summed E-state index contributed by atoms with van der Waals surface area (Å²) < 4.78 is 1.63. The molecule has 0 fully saturated rings. The van der Waals surface area contributed by atoms with Crippen LogP contribution in [0, 0.1) is 18.3 Å². The highest BCUT2D eigenvalue weighted by Gasteiger charge is 2.04. The Morgan fingerprint density at radius 2 is 2.33 bits per heavy atom. The van der Waals surface area contributed by atoms with Crippen LogP contribution >= 0.6 is 11.6 Å². The molecule has 0 atom stereocenters. The van der Waals surface area contributed by atoms with Crippen LogP contribution in [0.2, 0.25) is 5.02 Å². The highest BCUT2D eigenvalue weighted by atomic mass is 35.5. The van der Waals surface area contributed by atoms with Gasteiger partial charge in [0.05, 0.1) is 16.4 Å². The Balaban J connectivity index is 2.50. The maximum Gasteiger partial charge on any atom is 0.142 e. The Kier molecular flexibility index (Phi) is 2.40. The second-order valence-electron chi connectivity index (χ2n) is 3.02. The molecular formula is C10H7ClN4. The summed E-state index contributed by atoms with van der Waals surface area (Å²) in [5.74, 6) is 0. The molecule has 2 aromatic rings. The van der Waals surface area contributed by atoms with E-state index >= 15 is 0 Å². The average Bonchev–Trinajstić information content (AvgIpc) is 2.59. The molecule has 0 saturated carbocycles. The second kappa shape index (κ2) is 3.71. The Morgan fingerprint density at radius 3 is 2.93 bits per heavy atom. The molecule has 15 heavy (non-hydrogen) atoms. The van der Waals surface area contributed by atoms with Gasteiger partial charge in [0, 0.05) is 18.5 Å². The molecule has 74 valence electrons. The highest BCUT2D eigenvalue weighted by molar-refractivity contribution is 6.31. The fourth-order valence-corrected chi connectivity index (χ4v) is 1.32. The normalized spacial score (nSPS) is 9.93. The number of hydrogen-bond acceptors (Lipinski definition) is 3. The van der Waals surface area contributed by atoms with Crippen molar-refractivity contribution in [1.29, 1.82) is 5.26 Å². The van der Waals surface area contributed by atoms with E-state index in [1.54, 1.807) is 29.2 Å². The Labute approximate surface area is 91.7 Å². The lowest BCUT2D eigenvalue weighted by Crippen LogP contribution is -1.96. The lowest BCUT2D eigenvalue weighted by Gasteiger charge is -1.99. The standard InChI is InChI=1S/C10H7ClN4/c1-7-10(11)6-15(14-7)9-2-3-13-8(4-9)5-12/h2-4,6H,1H3. The molecule has 0 radical (unpaired) electrons. The van der Waals surface area contributed by atoms with E-state index in [0.29, 0.717) is 10.7 Å². The van der Waals surface area contributed by atoms with Crippen molar-refractivity contribution in [3.8, 4) is 11.8 Å². The number of halogens is 1. The minimum absolute atomic E-state index is 0.358. The smallest absolute Gasteiger partial charge is 0.142 e. The van der Waals surface area contributed by atoms with Crippen molar-refractivity contribution in [1.82, 2.24) is 14.8 Å². The molecule has 5 heteroatoms. The number of hydrogen-bond donors (Lipinski definition) is 0. The first-order valence-corrected chi connectivity index (χ1v) is 4.67. The van der Waals surface area contributed by atoms with Crippen molar-refractivity contribution in [3.05, 3.63) is 40.9 Å². The van der Waals surface area contributed by atoms with Crippen molar-refractivity contribution in [2.75, 3.05) is 0 Å². The SMILES string of the molecule is Cc1nn(-c2ccnc(C#N)c2)cc1Cl. The zero-order chi connectivity index (χ0) is 10.8. The van der Waals surface area contributed by atoms with E-state index in [0.717, 1.165) is 11.4 Å². The van der Waals surface area contributed by atoms with Gasteiger partial charge in [0.25, 0.3) is 0 Å². The van der Waals surface area contributed by atoms with E-state index in [9.17, 15) is 0 Å². The minimum atomic E-state index is 0.358. The van der Waals surface area contributed by atoms with Crippen LogP contribution < -0.4 is 0 Å². The number of rotatable bonds is 1. The van der Waals surface area contributed by atoms with Gasteiger partial charge >= 0.3 is 0 Å². The van der Waals surface area contributed by atoms with Gasteiger partial charge in [-0.05, 0) is 13.0 Å². The molecule has 0 aromatic carbocycles. The van der Waals surface area contributed by atoms with Crippen LogP contribution in [0.15, 0.2) is 24.5 Å². The van der Waals surface area contributed by atoms with Gasteiger partial charge in [0.1, 0.15) is 11.8 Å². The van der Waals surface area contributed by atoms with Gasteiger partial charge < -0.3 is 0 Å². The molecule has 2 heterocycles. The van der Waals surface area contributed by atoms with E-state index in [4.69, 9.17) is 16.9 Å². The zero-order valence-corrected chi connectivity index (χ0v) is 8.73. The van der Waals surface area contributed by atoms with Crippen LogP contribution in [-0.4, -0.2) is 14.8 Å². The lowest BCUT2D eigenvalue weighted by atomic mass is 10.3. The zero-order valence-electron chi connectivity index (χ0n) is 7.98. The summed E-state index contributed by atoms with van der Waals surface area (Å²) in [5.41, 5.74) is 1.89. The lowest BCUT2D eigenvalue weighted by molar-refractivity contribution is 0.859. The first kappa shape index (κ1) is 9.69. The molecule has 0 spiro atoms. The average molecular weight is 219 g/mol. The Morgan fingerprint density at radius 1 is 1.53 bits per heavy atom. The minimum Gasteiger partial charge on any atom is -0.245 e. The molecule has 0 aliphatic rings. The summed E-state index contributed by atoms with van der Waals surface area (Å²) in [4.78, 5) is 3.88. The summed E-state index contributed by atoms with van der Waals surface area (Å²) in [5, 5.41) is 13.5. The van der Waals surface area contributed by atoms with Gasteiger partial charge in [-0.2, -0.15) is 10.4 Å². The number of pyridine rings is 1. The molecule has 0 aliphatic carbocycles. The summed E-state index contributed by atoms with van der Waals surface area (Å²) in [6.45, 7) is 1.82. The largest absolute Gasteiger partial charge is 0.245 e. The van der Waals surface area contributed by atoms with E-state index in [2.05, 4.69) is 10.1 Å². The number of nitrogens with zero attached hydrogens (tertiary/aromatic N) is 4. The highest BCUT2D eigenvalue weighted by Crippen LogP contribution is 2.16. The van der Waals surface area contributed by atoms with Gasteiger partial charge in [-0.25, -0.2) is 9.67 Å². The maximum atomic E-state index is 8.70. The van der Waals surface area contributed by atoms with Gasteiger partial charge in [-0.15, -0.1) is 0 Å². The molecule has 0 N–H and O–H groups in total. The van der Waals surface area contributed by atoms with E-state index in [1.165, 1.54) is 0 Å². The Hall–Kier alpha value is -1.86. The van der Waals surface area contributed by atoms with Crippen molar-refractivity contribution < 1.29 is 0 Å². The molecule has 2 rings (SSSR count). The summed E-state index contributed by atoms with van der Waals surface area (Å²) >= 11 is 5.89. The van der Waals surface area contributed by atoms with Gasteiger partial charge in [-0.3, -0.25) is 0 Å². The molecule has 0 bridgehead atoms. The number of aromatic nitrogens is 3. The third kappa shape index (κ3) is 1.83. The quantitative estimate of drug-likeness (QED) is 0.737. The van der Waals surface area contributed by atoms with E-state index in [1.807, 2.05) is 13.0 Å². The van der Waals surface area contributed by atoms with Crippen LogP contribution in [0.3, 0.4) is 0 Å². The van der Waals surface area contributed by atoms with Crippen molar-refractivity contribution in [3.63, 3.8) is 0 Å². The van der Waals surface area contributed by atoms with Crippen molar-refractivity contribution >= 4 is 11.6 Å². The second-order valence-corrected chi connectivity index (χ2v) is 3.43. The fraction of sp³-hybridized carbons (Fsp3) is 0.100. The molecule has 0 amide bonds. The van der Waals surface area contributed by atoms with Gasteiger partial charge in [-0.1, -0.05) is 11.6 Å². The van der Waals surface area contributed by atoms with Crippen molar-refractivity contribution in [2.24, 2.45) is 0 Å². The molecular weight excluding hydrogens is 212 g/mol. The Bertz CT molecular complexity index is 519. The third-order valence-electron chi connectivity index (χ3n) is 1.96. The summed E-state index contributed by atoms with van der Waals surface area (Å²) in [7, 11) is 0. The first-order valence-electron chi connectivity index (χ1n) is 4.29. The third-order valence-corrected chi connectivity index (χ3v) is 2.33. The van der Waals surface area contributed by atoms with Crippen LogP contribution in [0.4, 0.5) is 0 Å². The van der Waals surface area contributed by atoms with Crippen molar-refractivity contribution in [2.45, 2.75) is 6.92 Å². The first-order chi connectivity index (χ1) is 7.20. The monoisotopic (exact) mass is 218 g/mol. The van der Waals surface area contributed by atoms with Crippen LogP contribution in [0.5, 0.6) is 0 Å². The maximum absolute atomic E-state index is 8.70. The van der Waals surface area contributed by atoms with Gasteiger partial charge in [0.15, 0.2) is 0 Å². The summed E-state index contributed by atoms with van der Waals surface area (Å²) in [6.07, 6.45) is 3.27. The predicted octanol–water partition coefficient (Wildman–Crippen LogP) is 2.10. The molecule has 0 aliphatic heterocycles. The fourth-order valence-electron chi connectivity index (χ4n) is 1.19. The molecule has 4 nitrogen and oxygen atoms in total. The van der Waals surface area contributed by atoms with Crippen LogP contribution in [0.25, 0.3) is 5.69 Å². The number of nitriles is 1. The van der Waals surface area contributed by atoms with E-state index < -0.39 is 0 Å². The van der Waals surface area contributed by atoms with E-state index in [-0.39, 0.29) is 0 Å². The molecule has 2 aromatic heterocycles. The summed E-state index contributed by atoms with van der Waals surface area (Å²) in [6, 6.07) is 5.40. The topological polar surface area (TPSA) is 54.5 Å². The van der Waals surface area contributed by atoms with Crippen LogP contribution in [-0.2, 0) is 0 Å².